The Kier molecular flexibility index (Phi) is 5.36. The van der Waals surface area contributed by atoms with Crippen molar-refractivity contribution in [2.75, 3.05) is 11.9 Å². The minimum atomic E-state index is -0.0792. The van der Waals surface area contributed by atoms with Crippen LogP contribution in [0.2, 0.25) is 0 Å². The van der Waals surface area contributed by atoms with Crippen LogP contribution in [-0.4, -0.2) is 22.7 Å². The molecule has 0 saturated heterocycles. The molecule has 0 radical (unpaired) electrons. The van der Waals surface area contributed by atoms with Crippen molar-refractivity contribution < 1.29 is 14.1 Å². The van der Waals surface area contributed by atoms with E-state index in [-0.39, 0.29) is 12.3 Å². The highest BCUT2D eigenvalue weighted by atomic mass is 32.1. The molecule has 0 fully saturated rings. The summed E-state index contributed by atoms with van der Waals surface area (Å²) in [5.41, 5.74) is 5.20. The Morgan fingerprint density at radius 2 is 1.87 bits per heavy atom. The Bertz CT molecular complexity index is 1210. The van der Waals surface area contributed by atoms with E-state index in [0.29, 0.717) is 24.9 Å². The summed E-state index contributed by atoms with van der Waals surface area (Å²) < 4.78 is 11.0. The van der Waals surface area contributed by atoms with Gasteiger partial charge in [-0.15, -0.1) is 11.3 Å². The number of anilines is 1. The third kappa shape index (κ3) is 4.15. The first-order chi connectivity index (χ1) is 15.2. The monoisotopic (exact) mass is 431 g/mol. The van der Waals surface area contributed by atoms with Crippen LogP contribution in [0.25, 0.3) is 22.6 Å². The summed E-state index contributed by atoms with van der Waals surface area (Å²) in [6.45, 7) is 2.97. The summed E-state index contributed by atoms with van der Waals surface area (Å²) in [7, 11) is 0. The highest BCUT2D eigenvalue weighted by molar-refractivity contribution is 7.17. The molecule has 0 unspecified atom stereocenters. The van der Waals surface area contributed by atoms with Gasteiger partial charge in [0.05, 0.1) is 25.2 Å². The van der Waals surface area contributed by atoms with Gasteiger partial charge in [-0.25, -0.2) is 0 Å². The first-order valence-electron chi connectivity index (χ1n) is 10.1. The number of carbonyl (C=O) groups excluding carboxylic acids is 1. The van der Waals surface area contributed by atoms with Crippen LogP contribution in [-0.2, 0) is 29.0 Å². The second-order valence-corrected chi connectivity index (χ2v) is 8.55. The molecule has 1 N–H and O–H groups in total. The van der Waals surface area contributed by atoms with Gasteiger partial charge in [0.1, 0.15) is 5.00 Å². The van der Waals surface area contributed by atoms with Crippen LogP contribution in [0.5, 0.6) is 0 Å². The number of hydrogen-bond donors (Lipinski definition) is 1. The predicted molar refractivity (Wildman–Crippen MR) is 120 cm³/mol. The Morgan fingerprint density at radius 1 is 1.10 bits per heavy atom. The lowest BCUT2D eigenvalue weighted by atomic mass is 10.0. The van der Waals surface area contributed by atoms with E-state index in [2.05, 4.69) is 27.6 Å². The fraction of sp³-hybridized carbons (Fsp3) is 0.208. The molecule has 4 aromatic rings. The molecule has 6 nitrogen and oxygen atoms in total. The van der Waals surface area contributed by atoms with Gasteiger partial charge < -0.3 is 14.6 Å². The Hall–Kier alpha value is -3.29. The van der Waals surface area contributed by atoms with Crippen molar-refractivity contribution in [1.29, 1.82) is 0 Å². The normalized spacial score (nSPS) is 13.1. The van der Waals surface area contributed by atoms with Crippen LogP contribution in [0, 0.1) is 6.92 Å². The van der Waals surface area contributed by atoms with Crippen molar-refractivity contribution in [3.05, 3.63) is 76.4 Å². The molecule has 1 amide bonds. The fourth-order valence-electron chi connectivity index (χ4n) is 3.75. The summed E-state index contributed by atoms with van der Waals surface area (Å²) >= 11 is 1.52. The quantitative estimate of drug-likeness (QED) is 0.480. The number of nitrogens with one attached hydrogen (secondary N) is 1. The minimum Gasteiger partial charge on any atom is -0.376 e. The van der Waals surface area contributed by atoms with Gasteiger partial charge in [0.25, 0.3) is 5.89 Å². The fourth-order valence-corrected chi connectivity index (χ4v) is 4.94. The summed E-state index contributed by atoms with van der Waals surface area (Å²) in [6.07, 6.45) is 1.05. The average Bonchev–Trinajstić information content (AvgIpc) is 3.37. The molecule has 2 aromatic heterocycles. The topological polar surface area (TPSA) is 77.2 Å². The van der Waals surface area contributed by atoms with Gasteiger partial charge in [-0.3, -0.25) is 4.79 Å². The lowest BCUT2D eigenvalue weighted by Crippen LogP contribution is -2.14. The number of thiophene rings is 1. The molecule has 0 atom stereocenters. The molecular weight excluding hydrogens is 410 g/mol. The van der Waals surface area contributed by atoms with E-state index in [1.54, 1.807) is 6.92 Å². The molecule has 1 aliphatic heterocycles. The average molecular weight is 432 g/mol. The van der Waals surface area contributed by atoms with E-state index in [9.17, 15) is 4.79 Å². The van der Waals surface area contributed by atoms with Gasteiger partial charge in [-0.05, 0) is 35.6 Å². The van der Waals surface area contributed by atoms with Crippen molar-refractivity contribution in [3.63, 3.8) is 0 Å². The summed E-state index contributed by atoms with van der Waals surface area (Å²) in [5, 5.41) is 7.72. The Morgan fingerprint density at radius 3 is 2.61 bits per heavy atom. The molecule has 5 rings (SSSR count). The van der Waals surface area contributed by atoms with Crippen LogP contribution >= 0.6 is 11.3 Å². The number of nitrogens with zero attached hydrogens (tertiary/aromatic N) is 2. The molecule has 0 aliphatic carbocycles. The summed E-state index contributed by atoms with van der Waals surface area (Å²) in [5.74, 6) is 0.932. The summed E-state index contributed by atoms with van der Waals surface area (Å²) in [4.78, 5) is 18.3. The maximum atomic E-state index is 12.8. The van der Waals surface area contributed by atoms with Crippen LogP contribution in [0.3, 0.4) is 0 Å². The predicted octanol–water partition coefficient (Wildman–Crippen LogP) is 5.03. The zero-order chi connectivity index (χ0) is 21.2. The molecule has 7 heteroatoms. The number of ether oxygens (including phenoxy) is 1. The number of hydrogen-bond acceptors (Lipinski definition) is 6. The number of benzene rings is 2. The molecule has 0 saturated carbocycles. The second kappa shape index (κ2) is 8.45. The van der Waals surface area contributed by atoms with Crippen molar-refractivity contribution in [2.45, 2.75) is 26.4 Å². The summed E-state index contributed by atoms with van der Waals surface area (Å²) in [6, 6.07) is 18.3. The maximum absolute atomic E-state index is 12.8. The van der Waals surface area contributed by atoms with Crippen LogP contribution in [0.1, 0.15) is 21.8 Å². The van der Waals surface area contributed by atoms with Crippen molar-refractivity contribution >= 4 is 22.2 Å². The zero-order valence-electron chi connectivity index (χ0n) is 17.1. The Balaban J connectivity index is 1.35. The van der Waals surface area contributed by atoms with Crippen molar-refractivity contribution in [3.8, 4) is 22.6 Å². The van der Waals surface area contributed by atoms with Crippen LogP contribution < -0.4 is 5.32 Å². The molecule has 0 spiro atoms. The van der Waals surface area contributed by atoms with Crippen molar-refractivity contribution in [1.82, 2.24) is 10.1 Å². The number of carbonyl (C=O) groups is 1. The zero-order valence-corrected chi connectivity index (χ0v) is 17.9. The van der Waals surface area contributed by atoms with Crippen LogP contribution in [0.15, 0.2) is 59.1 Å². The number of amides is 1. The molecule has 31 heavy (non-hydrogen) atoms. The van der Waals surface area contributed by atoms with E-state index in [0.717, 1.165) is 44.1 Å². The smallest absolute Gasteiger partial charge is 0.261 e. The lowest BCUT2D eigenvalue weighted by molar-refractivity contribution is -0.115. The van der Waals surface area contributed by atoms with E-state index in [4.69, 9.17) is 9.26 Å². The number of aryl methyl sites for hydroxylation is 1. The van der Waals surface area contributed by atoms with E-state index in [1.165, 1.54) is 11.3 Å². The van der Waals surface area contributed by atoms with Gasteiger partial charge in [0, 0.05) is 4.88 Å². The van der Waals surface area contributed by atoms with E-state index >= 15 is 0 Å². The Labute approximate surface area is 183 Å². The molecule has 1 aliphatic rings. The first kappa shape index (κ1) is 19.7. The van der Waals surface area contributed by atoms with Crippen LogP contribution in [0.4, 0.5) is 5.00 Å². The lowest BCUT2D eigenvalue weighted by Gasteiger charge is -2.12. The third-order valence-corrected chi connectivity index (χ3v) is 6.36. The minimum absolute atomic E-state index is 0.0792. The van der Waals surface area contributed by atoms with E-state index in [1.807, 2.05) is 42.5 Å². The van der Waals surface area contributed by atoms with Crippen molar-refractivity contribution in [2.24, 2.45) is 0 Å². The van der Waals surface area contributed by atoms with Gasteiger partial charge in [0.2, 0.25) is 5.91 Å². The second-order valence-electron chi connectivity index (χ2n) is 7.45. The largest absolute Gasteiger partial charge is 0.376 e. The number of rotatable bonds is 5. The number of fused-ring (bicyclic) bond motifs is 1. The SMILES string of the molecule is Cc1noc(-c2c(NC(=O)Cc3ccc(-c4ccccc4)cc3)sc3c2CCOC3)n1. The van der Waals surface area contributed by atoms with Gasteiger partial charge in [-0.1, -0.05) is 59.8 Å². The molecule has 2 aromatic carbocycles. The first-order valence-corrected chi connectivity index (χ1v) is 11.0. The third-order valence-electron chi connectivity index (χ3n) is 5.24. The highest BCUT2D eigenvalue weighted by Crippen LogP contribution is 2.42. The number of aromatic nitrogens is 2. The molecular formula is C24H21N3O3S. The van der Waals surface area contributed by atoms with E-state index < -0.39 is 0 Å². The molecule has 0 bridgehead atoms. The van der Waals surface area contributed by atoms with Gasteiger partial charge >= 0.3 is 0 Å². The molecule has 156 valence electrons. The van der Waals surface area contributed by atoms with Gasteiger partial charge in [0.15, 0.2) is 5.82 Å². The highest BCUT2D eigenvalue weighted by Gasteiger charge is 2.26. The standard InChI is InChI=1S/C24H21N3O3S/c1-15-25-23(30-27-15)22-19-11-12-29-14-20(19)31-24(22)26-21(28)13-16-7-9-18(10-8-16)17-5-3-2-4-6-17/h2-10H,11-14H2,1H3,(H,26,28). The molecule has 3 heterocycles. The maximum Gasteiger partial charge on any atom is 0.261 e. The van der Waals surface area contributed by atoms with Gasteiger partial charge in [-0.2, -0.15) is 4.98 Å².